The van der Waals surface area contributed by atoms with Crippen molar-refractivity contribution in [3.8, 4) is 0 Å². The highest BCUT2D eigenvalue weighted by Gasteiger charge is 2.27. The average molecular weight is 233 g/mol. The van der Waals surface area contributed by atoms with E-state index in [0.717, 1.165) is 25.3 Å². The average Bonchev–Trinajstić information content (AvgIpc) is 2.26. The molecule has 0 aliphatic rings. The molecule has 0 fully saturated rings. The minimum absolute atomic E-state index is 0.136. The Morgan fingerprint density at radius 2 is 2.06 bits per heavy atom. The van der Waals surface area contributed by atoms with E-state index >= 15 is 0 Å². The van der Waals surface area contributed by atoms with E-state index in [4.69, 9.17) is 0 Å². The summed E-state index contributed by atoms with van der Waals surface area (Å²) in [6, 6.07) is 3.98. The summed E-state index contributed by atoms with van der Waals surface area (Å²) < 4.78 is 41.4. The summed E-state index contributed by atoms with van der Waals surface area (Å²) in [5.41, 5.74) is -0.996. The Hall–Kier alpha value is -1.50. The third-order valence-electron chi connectivity index (χ3n) is 2.03. The van der Waals surface area contributed by atoms with Crippen LogP contribution in [0.2, 0.25) is 0 Å². The predicted molar refractivity (Wildman–Crippen MR) is 52.1 cm³/mol. The summed E-state index contributed by atoms with van der Waals surface area (Å²) in [5, 5.41) is 9.34. The molecule has 16 heavy (non-hydrogen) atoms. The minimum Gasteiger partial charge on any atom is -0.467 e. The van der Waals surface area contributed by atoms with E-state index in [1.165, 1.54) is 6.07 Å². The first-order valence-electron chi connectivity index (χ1n) is 4.42. The maximum absolute atomic E-state index is 12.4. The monoisotopic (exact) mass is 233 g/mol. The number of aliphatic hydroxyl groups excluding tert-OH is 1. The van der Waals surface area contributed by atoms with E-state index < -0.39 is 24.5 Å². The number of esters is 1. The highest BCUT2D eigenvalue weighted by Crippen LogP contribution is 2.16. The van der Waals surface area contributed by atoms with Crippen molar-refractivity contribution < 1.29 is 27.6 Å². The molecule has 1 rings (SSSR count). The lowest BCUT2D eigenvalue weighted by molar-refractivity contribution is -0.150. The summed E-state index contributed by atoms with van der Waals surface area (Å²) >= 11 is 0. The van der Waals surface area contributed by atoms with Gasteiger partial charge in [-0.05, 0) is 5.56 Å². The molecule has 1 N–H and O–H groups in total. The second-order valence-corrected chi connectivity index (χ2v) is 3.17. The number of halogens is 3. The van der Waals surface area contributed by atoms with Crippen molar-refractivity contribution in [3.05, 3.63) is 29.8 Å². The Morgan fingerprint density at radius 1 is 1.44 bits per heavy atom. The number of methoxy groups -OCH3 is 1. The summed E-state index contributed by atoms with van der Waals surface area (Å²) in [4.78, 5) is 10.9. The Kier molecular flexibility index (Phi) is 3.59. The van der Waals surface area contributed by atoms with E-state index in [1.807, 2.05) is 0 Å². The molecule has 0 saturated heterocycles. The first-order chi connectivity index (χ1) is 7.36. The van der Waals surface area contributed by atoms with Gasteiger partial charge in [0.15, 0.2) is 6.10 Å². The third kappa shape index (κ3) is 2.76. The van der Waals surface area contributed by atoms with Crippen molar-refractivity contribution in [1.82, 2.24) is 0 Å². The molecule has 1 unspecified atom stereocenters. The van der Waals surface area contributed by atoms with Gasteiger partial charge in [-0.2, -0.15) is 0 Å². The Morgan fingerprint density at radius 3 is 2.56 bits per heavy atom. The molecule has 0 bridgehead atoms. The van der Waals surface area contributed by atoms with Crippen LogP contribution in [0.15, 0.2) is 24.3 Å². The van der Waals surface area contributed by atoms with Gasteiger partial charge in [-0.1, -0.05) is 24.3 Å². The molecule has 0 amide bonds. The SMILES string of the molecule is COC(=O)C(O)c1cccc([B-](F)(F)F)c1. The van der Waals surface area contributed by atoms with Gasteiger partial charge in [0, 0.05) is 0 Å². The number of ether oxygens (including phenoxy) is 1. The summed E-state index contributed by atoms with van der Waals surface area (Å²) in [5.74, 6) is -0.994. The summed E-state index contributed by atoms with van der Waals surface area (Å²) in [7, 11) is 1.04. The van der Waals surface area contributed by atoms with Crippen LogP contribution in [-0.4, -0.2) is 25.2 Å². The van der Waals surface area contributed by atoms with Crippen LogP contribution < -0.4 is 5.46 Å². The molecular formula is C9H9BF3O3-. The second-order valence-electron chi connectivity index (χ2n) is 3.17. The zero-order chi connectivity index (χ0) is 12.3. The standard InChI is InChI=1S/C9H9BF3O3/c1-16-9(15)8(14)6-3-2-4-7(5-6)10(11,12)13/h2-5,8,14H,1H3/q-1. The van der Waals surface area contributed by atoms with Crippen LogP contribution in [0.1, 0.15) is 11.7 Å². The maximum Gasteiger partial charge on any atom is 0.509 e. The lowest BCUT2D eigenvalue weighted by Crippen LogP contribution is -2.34. The molecule has 0 aliphatic carbocycles. The summed E-state index contributed by atoms with van der Waals surface area (Å²) in [6.45, 7) is -5.14. The lowest BCUT2D eigenvalue weighted by atomic mass is 9.79. The number of hydrogen-bond donors (Lipinski definition) is 1. The van der Waals surface area contributed by atoms with Crippen molar-refractivity contribution in [1.29, 1.82) is 0 Å². The zero-order valence-corrected chi connectivity index (χ0v) is 8.36. The molecule has 88 valence electrons. The van der Waals surface area contributed by atoms with Crippen LogP contribution in [-0.2, 0) is 9.53 Å². The number of rotatable bonds is 3. The van der Waals surface area contributed by atoms with Crippen molar-refractivity contribution in [2.45, 2.75) is 6.10 Å². The van der Waals surface area contributed by atoms with Gasteiger partial charge in [-0.15, -0.1) is 5.46 Å². The van der Waals surface area contributed by atoms with E-state index in [2.05, 4.69) is 4.74 Å². The molecular weight excluding hydrogens is 224 g/mol. The van der Waals surface area contributed by atoms with Crippen LogP contribution in [0.25, 0.3) is 0 Å². The Labute approximate surface area is 89.9 Å². The van der Waals surface area contributed by atoms with E-state index in [9.17, 15) is 22.8 Å². The van der Waals surface area contributed by atoms with Crippen molar-refractivity contribution >= 4 is 18.4 Å². The molecule has 0 aliphatic heterocycles. The largest absolute Gasteiger partial charge is 0.509 e. The highest BCUT2D eigenvalue weighted by atomic mass is 19.4. The first-order valence-corrected chi connectivity index (χ1v) is 4.42. The minimum atomic E-state index is -5.14. The molecule has 0 spiro atoms. The van der Waals surface area contributed by atoms with E-state index in [0.29, 0.717) is 0 Å². The molecule has 7 heteroatoms. The van der Waals surface area contributed by atoms with Crippen LogP contribution in [0.5, 0.6) is 0 Å². The predicted octanol–water partition coefficient (Wildman–Crippen LogP) is 0.947. The van der Waals surface area contributed by atoms with Crippen LogP contribution in [0, 0.1) is 0 Å². The molecule has 3 nitrogen and oxygen atoms in total. The number of carbonyl (C=O) groups is 1. The van der Waals surface area contributed by atoms with Gasteiger partial charge < -0.3 is 22.8 Å². The van der Waals surface area contributed by atoms with Gasteiger partial charge in [-0.3, -0.25) is 0 Å². The second kappa shape index (κ2) is 4.57. The fourth-order valence-electron chi connectivity index (χ4n) is 1.18. The Bertz CT molecular complexity index is 392. The lowest BCUT2D eigenvalue weighted by Gasteiger charge is -2.17. The molecule has 0 aromatic heterocycles. The van der Waals surface area contributed by atoms with Gasteiger partial charge >= 0.3 is 12.9 Å². The smallest absolute Gasteiger partial charge is 0.467 e. The van der Waals surface area contributed by atoms with E-state index in [-0.39, 0.29) is 5.56 Å². The topological polar surface area (TPSA) is 46.5 Å². The molecule has 1 atom stereocenters. The van der Waals surface area contributed by atoms with Crippen molar-refractivity contribution in [2.75, 3.05) is 7.11 Å². The number of carbonyl (C=O) groups excluding carboxylic acids is 1. The van der Waals surface area contributed by atoms with Crippen LogP contribution >= 0.6 is 0 Å². The van der Waals surface area contributed by atoms with Crippen LogP contribution in [0.3, 0.4) is 0 Å². The van der Waals surface area contributed by atoms with Gasteiger partial charge in [0.25, 0.3) is 0 Å². The van der Waals surface area contributed by atoms with Gasteiger partial charge in [0.1, 0.15) is 0 Å². The maximum atomic E-state index is 12.4. The zero-order valence-electron chi connectivity index (χ0n) is 8.36. The first kappa shape index (κ1) is 12.6. The highest BCUT2D eigenvalue weighted by molar-refractivity contribution is 6.73. The fraction of sp³-hybridized carbons (Fsp3) is 0.222. The number of benzene rings is 1. The van der Waals surface area contributed by atoms with Crippen LogP contribution in [0.4, 0.5) is 12.9 Å². The van der Waals surface area contributed by atoms with Gasteiger partial charge in [0.2, 0.25) is 0 Å². The van der Waals surface area contributed by atoms with Crippen molar-refractivity contribution in [3.63, 3.8) is 0 Å². The quantitative estimate of drug-likeness (QED) is 0.624. The van der Waals surface area contributed by atoms with Crippen molar-refractivity contribution in [2.24, 2.45) is 0 Å². The van der Waals surface area contributed by atoms with Gasteiger partial charge in [0.05, 0.1) is 7.11 Å². The number of hydrogen-bond acceptors (Lipinski definition) is 3. The molecule has 1 aromatic rings. The molecule has 0 heterocycles. The fourth-order valence-corrected chi connectivity index (χ4v) is 1.18. The summed E-state index contributed by atoms with van der Waals surface area (Å²) in [6.07, 6.45) is -1.69. The van der Waals surface area contributed by atoms with E-state index in [1.54, 1.807) is 0 Å². The third-order valence-corrected chi connectivity index (χ3v) is 2.03. The van der Waals surface area contributed by atoms with Gasteiger partial charge in [-0.25, -0.2) is 4.79 Å². The normalized spacial score (nSPS) is 13.3. The molecule has 0 radical (unpaired) electrons. The Balaban J connectivity index is 3.04. The number of aliphatic hydroxyl groups is 1. The molecule has 1 aromatic carbocycles. The molecule has 0 saturated carbocycles.